The zero-order valence-electron chi connectivity index (χ0n) is 45.4. The molecule has 1 atom stereocenters. The summed E-state index contributed by atoms with van der Waals surface area (Å²) < 4.78 is 16.8. The number of rotatable bonds is 54. The fourth-order valence-corrected chi connectivity index (χ4v) is 8.53. The Morgan fingerprint density at radius 1 is 0.294 bits per heavy atom. The van der Waals surface area contributed by atoms with Gasteiger partial charge >= 0.3 is 17.9 Å². The molecule has 6 heteroatoms. The van der Waals surface area contributed by atoms with Crippen LogP contribution in [0, 0.1) is 0 Å². The van der Waals surface area contributed by atoms with Gasteiger partial charge in [0.15, 0.2) is 6.10 Å². The van der Waals surface area contributed by atoms with Crippen molar-refractivity contribution in [2.75, 3.05) is 13.2 Å². The van der Waals surface area contributed by atoms with E-state index >= 15 is 0 Å². The van der Waals surface area contributed by atoms with Gasteiger partial charge in [0.05, 0.1) is 0 Å². The Hall–Kier alpha value is -2.63. The molecule has 0 aliphatic heterocycles. The molecule has 68 heavy (non-hydrogen) atoms. The highest BCUT2D eigenvalue weighted by atomic mass is 16.6. The van der Waals surface area contributed by atoms with E-state index in [4.69, 9.17) is 14.2 Å². The van der Waals surface area contributed by atoms with Gasteiger partial charge in [-0.2, -0.15) is 0 Å². The Morgan fingerprint density at radius 2 is 0.559 bits per heavy atom. The van der Waals surface area contributed by atoms with Crippen molar-refractivity contribution < 1.29 is 28.6 Å². The SMILES string of the molecule is CCC/C=C\CCCCCCCC(=O)OCC(COC(=O)CCCCCCCCCCCCCCCCC/C=C\C/C=C\CCCCCCC)OC(=O)CCCCCCC/C=C\CCCCCC. The van der Waals surface area contributed by atoms with Crippen LogP contribution in [0.4, 0.5) is 0 Å². The Labute approximate surface area is 422 Å². The molecule has 0 radical (unpaired) electrons. The summed E-state index contributed by atoms with van der Waals surface area (Å²) in [5.74, 6) is -0.886. The molecule has 0 N–H and O–H groups in total. The zero-order chi connectivity index (χ0) is 49.3. The highest BCUT2D eigenvalue weighted by Crippen LogP contribution is 2.16. The summed E-state index contributed by atoms with van der Waals surface area (Å²) in [4.78, 5) is 38.0. The molecule has 0 saturated heterocycles. The number of ether oxygens (including phenoxy) is 3. The van der Waals surface area contributed by atoms with Crippen molar-refractivity contribution in [3.63, 3.8) is 0 Å². The fraction of sp³-hybridized carbons (Fsp3) is 0.823. The molecule has 0 bridgehead atoms. The molecule has 0 aromatic rings. The summed E-state index contributed by atoms with van der Waals surface area (Å²) in [6, 6.07) is 0. The first kappa shape index (κ1) is 65.4. The predicted octanol–water partition coefficient (Wildman–Crippen LogP) is 19.8. The lowest BCUT2D eigenvalue weighted by Gasteiger charge is -2.18. The molecule has 0 amide bonds. The van der Waals surface area contributed by atoms with Gasteiger partial charge in [0.2, 0.25) is 0 Å². The number of allylic oxidation sites excluding steroid dienone is 8. The van der Waals surface area contributed by atoms with Crippen LogP contribution in [0.2, 0.25) is 0 Å². The lowest BCUT2D eigenvalue weighted by molar-refractivity contribution is -0.167. The average molecular weight is 954 g/mol. The third kappa shape index (κ3) is 54.3. The number of unbranched alkanes of at least 4 members (excludes halogenated alkanes) is 35. The van der Waals surface area contributed by atoms with Crippen LogP contribution in [0.15, 0.2) is 48.6 Å². The van der Waals surface area contributed by atoms with Gasteiger partial charge in [-0.05, 0) is 96.3 Å². The predicted molar refractivity (Wildman–Crippen MR) is 293 cm³/mol. The number of carbonyl (C=O) groups is 3. The largest absolute Gasteiger partial charge is 0.462 e. The Bertz CT molecular complexity index is 1190. The molecule has 0 aromatic heterocycles. The van der Waals surface area contributed by atoms with Crippen LogP contribution < -0.4 is 0 Å². The van der Waals surface area contributed by atoms with E-state index in [0.717, 1.165) is 89.9 Å². The molecule has 0 rings (SSSR count). The Morgan fingerprint density at radius 3 is 0.897 bits per heavy atom. The number of carbonyl (C=O) groups excluding carboxylic acids is 3. The smallest absolute Gasteiger partial charge is 0.306 e. The van der Waals surface area contributed by atoms with Crippen LogP contribution in [0.25, 0.3) is 0 Å². The van der Waals surface area contributed by atoms with E-state index in [2.05, 4.69) is 69.4 Å². The summed E-state index contributed by atoms with van der Waals surface area (Å²) in [6.07, 6.45) is 69.8. The second-order valence-corrected chi connectivity index (χ2v) is 19.9. The maximum Gasteiger partial charge on any atom is 0.306 e. The summed E-state index contributed by atoms with van der Waals surface area (Å²) in [5.41, 5.74) is 0. The van der Waals surface area contributed by atoms with E-state index in [1.807, 2.05) is 0 Å². The minimum absolute atomic E-state index is 0.0771. The van der Waals surface area contributed by atoms with Gasteiger partial charge in [-0.25, -0.2) is 0 Å². The molecular weight excluding hydrogens is 841 g/mol. The first-order valence-electron chi connectivity index (χ1n) is 29.6. The van der Waals surface area contributed by atoms with E-state index in [1.165, 1.54) is 180 Å². The van der Waals surface area contributed by atoms with Crippen molar-refractivity contribution >= 4 is 17.9 Å². The molecule has 0 aliphatic carbocycles. The molecular formula is C62H112O6. The minimum atomic E-state index is -0.778. The number of hydrogen-bond acceptors (Lipinski definition) is 6. The van der Waals surface area contributed by atoms with Gasteiger partial charge in [0.1, 0.15) is 13.2 Å². The van der Waals surface area contributed by atoms with Crippen LogP contribution in [0.3, 0.4) is 0 Å². The van der Waals surface area contributed by atoms with Crippen LogP contribution in [0.1, 0.15) is 310 Å². The van der Waals surface area contributed by atoms with Gasteiger partial charge in [-0.3, -0.25) is 14.4 Å². The van der Waals surface area contributed by atoms with Crippen molar-refractivity contribution in [2.45, 2.75) is 316 Å². The summed E-state index contributed by atoms with van der Waals surface area (Å²) >= 11 is 0. The monoisotopic (exact) mass is 953 g/mol. The highest BCUT2D eigenvalue weighted by Gasteiger charge is 2.19. The van der Waals surface area contributed by atoms with Crippen LogP contribution >= 0.6 is 0 Å². The third-order valence-electron chi connectivity index (χ3n) is 13.0. The quantitative estimate of drug-likeness (QED) is 0.0262. The van der Waals surface area contributed by atoms with Crippen molar-refractivity contribution in [2.24, 2.45) is 0 Å². The van der Waals surface area contributed by atoms with Gasteiger partial charge in [-0.15, -0.1) is 0 Å². The van der Waals surface area contributed by atoms with Gasteiger partial charge < -0.3 is 14.2 Å². The zero-order valence-corrected chi connectivity index (χ0v) is 45.4. The first-order valence-corrected chi connectivity index (χ1v) is 29.6. The normalized spacial score (nSPS) is 12.3. The van der Waals surface area contributed by atoms with Crippen LogP contribution in [-0.2, 0) is 28.6 Å². The molecule has 0 heterocycles. The standard InChI is InChI=1S/C62H112O6/c1-4-7-10-13-16-19-22-24-25-26-27-28-29-30-31-32-33-34-35-36-37-39-40-43-46-49-52-55-61(64)67-58-59(57-66-60(63)54-51-48-45-42-21-18-15-12-9-6-3)68-62(65)56-53-50-47-44-41-38-23-20-17-14-11-8-5-2/h12,15,20,22-24,26-27,59H,4-11,13-14,16-19,21,25,28-58H2,1-3H3/b15-12-,23-20-,24-22-,27-26-. The second-order valence-electron chi connectivity index (χ2n) is 19.9. The summed E-state index contributed by atoms with van der Waals surface area (Å²) in [6.45, 7) is 6.56. The summed E-state index contributed by atoms with van der Waals surface area (Å²) in [5, 5.41) is 0. The Balaban J connectivity index is 4.14. The van der Waals surface area contributed by atoms with Crippen molar-refractivity contribution in [3.8, 4) is 0 Å². The van der Waals surface area contributed by atoms with E-state index in [0.29, 0.717) is 19.3 Å². The maximum atomic E-state index is 12.8. The van der Waals surface area contributed by atoms with Gasteiger partial charge in [0, 0.05) is 19.3 Å². The lowest BCUT2D eigenvalue weighted by atomic mass is 10.0. The molecule has 0 aliphatic rings. The lowest BCUT2D eigenvalue weighted by Crippen LogP contribution is -2.30. The van der Waals surface area contributed by atoms with Crippen LogP contribution in [-0.4, -0.2) is 37.2 Å². The molecule has 0 aromatic carbocycles. The van der Waals surface area contributed by atoms with E-state index < -0.39 is 6.10 Å². The first-order chi connectivity index (χ1) is 33.5. The molecule has 1 unspecified atom stereocenters. The van der Waals surface area contributed by atoms with Gasteiger partial charge in [-0.1, -0.05) is 243 Å². The molecule has 0 spiro atoms. The Kier molecular flexibility index (Phi) is 54.8. The second kappa shape index (κ2) is 57.0. The highest BCUT2D eigenvalue weighted by molar-refractivity contribution is 5.71. The van der Waals surface area contributed by atoms with E-state index in [9.17, 15) is 14.4 Å². The van der Waals surface area contributed by atoms with Crippen molar-refractivity contribution in [1.82, 2.24) is 0 Å². The number of esters is 3. The van der Waals surface area contributed by atoms with Gasteiger partial charge in [0.25, 0.3) is 0 Å². The maximum absolute atomic E-state index is 12.8. The minimum Gasteiger partial charge on any atom is -0.462 e. The molecule has 396 valence electrons. The van der Waals surface area contributed by atoms with Crippen molar-refractivity contribution in [3.05, 3.63) is 48.6 Å². The van der Waals surface area contributed by atoms with Crippen LogP contribution in [0.5, 0.6) is 0 Å². The number of hydrogen-bond donors (Lipinski definition) is 0. The third-order valence-corrected chi connectivity index (χ3v) is 13.0. The molecule has 0 saturated carbocycles. The molecule has 6 nitrogen and oxygen atoms in total. The molecule has 0 fully saturated rings. The summed E-state index contributed by atoms with van der Waals surface area (Å²) in [7, 11) is 0. The van der Waals surface area contributed by atoms with E-state index in [1.54, 1.807) is 0 Å². The topological polar surface area (TPSA) is 78.9 Å². The average Bonchev–Trinajstić information content (AvgIpc) is 3.34. The fourth-order valence-electron chi connectivity index (χ4n) is 8.53. The van der Waals surface area contributed by atoms with E-state index in [-0.39, 0.29) is 31.1 Å². The van der Waals surface area contributed by atoms with Crippen molar-refractivity contribution in [1.29, 1.82) is 0 Å².